The Morgan fingerprint density at radius 3 is 2.36 bits per heavy atom. The Kier molecular flexibility index (Phi) is 5.21. The SMILES string of the molecule is CC(C)C(NC(=O)CN1C(=O)c2cccc([N+](=O)[O-])c2C1=O)c1ccccc1. The van der Waals surface area contributed by atoms with Crippen LogP contribution in [0.4, 0.5) is 5.69 Å². The molecule has 1 unspecified atom stereocenters. The average molecular weight is 381 g/mol. The van der Waals surface area contributed by atoms with Gasteiger partial charge in [0.05, 0.1) is 16.5 Å². The first-order chi connectivity index (χ1) is 13.3. The Labute approximate surface area is 161 Å². The number of hydrogen-bond donors (Lipinski definition) is 1. The molecule has 144 valence electrons. The van der Waals surface area contributed by atoms with Crippen molar-refractivity contribution >= 4 is 23.4 Å². The van der Waals surface area contributed by atoms with Gasteiger partial charge < -0.3 is 5.32 Å². The third kappa shape index (κ3) is 3.48. The summed E-state index contributed by atoms with van der Waals surface area (Å²) in [5.41, 5.74) is 0.135. The van der Waals surface area contributed by atoms with E-state index >= 15 is 0 Å². The van der Waals surface area contributed by atoms with Crippen molar-refractivity contribution in [2.75, 3.05) is 6.54 Å². The quantitative estimate of drug-likeness (QED) is 0.470. The predicted molar refractivity (Wildman–Crippen MR) is 101 cm³/mol. The van der Waals surface area contributed by atoms with Gasteiger partial charge in [-0.25, -0.2) is 0 Å². The maximum Gasteiger partial charge on any atom is 0.282 e. The van der Waals surface area contributed by atoms with Gasteiger partial charge in [-0.3, -0.25) is 29.4 Å². The van der Waals surface area contributed by atoms with Crippen LogP contribution in [0, 0.1) is 16.0 Å². The fraction of sp³-hybridized carbons (Fsp3) is 0.250. The van der Waals surface area contributed by atoms with Crippen LogP contribution in [0.3, 0.4) is 0 Å². The van der Waals surface area contributed by atoms with Gasteiger partial charge in [-0.05, 0) is 17.5 Å². The Morgan fingerprint density at radius 1 is 1.07 bits per heavy atom. The molecule has 1 aliphatic rings. The molecule has 1 N–H and O–H groups in total. The van der Waals surface area contributed by atoms with Crippen molar-refractivity contribution < 1.29 is 19.3 Å². The van der Waals surface area contributed by atoms with Gasteiger partial charge in [0.25, 0.3) is 17.5 Å². The van der Waals surface area contributed by atoms with Crippen LogP contribution in [0.1, 0.15) is 46.2 Å². The third-order valence-corrected chi connectivity index (χ3v) is 4.62. The van der Waals surface area contributed by atoms with Gasteiger partial charge in [0.2, 0.25) is 5.91 Å². The van der Waals surface area contributed by atoms with E-state index in [4.69, 9.17) is 0 Å². The van der Waals surface area contributed by atoms with E-state index in [1.807, 2.05) is 44.2 Å². The van der Waals surface area contributed by atoms with Gasteiger partial charge in [-0.1, -0.05) is 50.2 Å². The molecule has 1 heterocycles. The van der Waals surface area contributed by atoms with E-state index in [1.165, 1.54) is 12.1 Å². The van der Waals surface area contributed by atoms with E-state index < -0.39 is 34.9 Å². The van der Waals surface area contributed by atoms with Gasteiger partial charge >= 0.3 is 0 Å². The molecule has 0 fully saturated rings. The molecule has 0 saturated heterocycles. The van der Waals surface area contributed by atoms with Crippen LogP contribution < -0.4 is 5.32 Å². The van der Waals surface area contributed by atoms with Crippen molar-refractivity contribution in [1.82, 2.24) is 10.2 Å². The van der Waals surface area contributed by atoms with Crippen LogP contribution in [0.25, 0.3) is 0 Å². The lowest BCUT2D eigenvalue weighted by atomic mass is 9.96. The van der Waals surface area contributed by atoms with E-state index in [2.05, 4.69) is 5.32 Å². The van der Waals surface area contributed by atoms with Gasteiger partial charge in [-0.15, -0.1) is 0 Å². The first kappa shape index (κ1) is 19.2. The summed E-state index contributed by atoms with van der Waals surface area (Å²) in [6, 6.07) is 12.9. The van der Waals surface area contributed by atoms with Crippen LogP contribution in [0.15, 0.2) is 48.5 Å². The van der Waals surface area contributed by atoms with Crippen molar-refractivity contribution in [3.8, 4) is 0 Å². The normalized spacial score (nSPS) is 14.2. The molecule has 2 aromatic rings. The highest BCUT2D eigenvalue weighted by Crippen LogP contribution is 2.30. The van der Waals surface area contributed by atoms with E-state index in [0.29, 0.717) is 0 Å². The maximum atomic E-state index is 12.6. The smallest absolute Gasteiger partial charge is 0.282 e. The summed E-state index contributed by atoms with van der Waals surface area (Å²) < 4.78 is 0. The number of nitrogens with zero attached hydrogens (tertiary/aromatic N) is 2. The number of amides is 3. The summed E-state index contributed by atoms with van der Waals surface area (Å²) in [5.74, 6) is -1.97. The fourth-order valence-corrected chi connectivity index (χ4v) is 3.27. The minimum atomic E-state index is -0.830. The molecule has 3 rings (SSSR count). The van der Waals surface area contributed by atoms with Crippen LogP contribution >= 0.6 is 0 Å². The largest absolute Gasteiger partial charge is 0.347 e. The van der Waals surface area contributed by atoms with Crippen LogP contribution in [-0.4, -0.2) is 34.1 Å². The second-order valence-electron chi connectivity index (χ2n) is 6.85. The summed E-state index contributed by atoms with van der Waals surface area (Å²) in [4.78, 5) is 48.8. The third-order valence-electron chi connectivity index (χ3n) is 4.62. The molecule has 0 aliphatic carbocycles. The summed E-state index contributed by atoms with van der Waals surface area (Å²) in [7, 11) is 0. The summed E-state index contributed by atoms with van der Waals surface area (Å²) in [6.07, 6.45) is 0. The molecule has 0 radical (unpaired) electrons. The number of nitrogens with one attached hydrogen (secondary N) is 1. The molecule has 28 heavy (non-hydrogen) atoms. The number of benzene rings is 2. The minimum absolute atomic E-state index is 0.0598. The zero-order valence-corrected chi connectivity index (χ0v) is 15.4. The monoisotopic (exact) mass is 381 g/mol. The Bertz CT molecular complexity index is 956. The zero-order valence-electron chi connectivity index (χ0n) is 15.4. The first-order valence-electron chi connectivity index (χ1n) is 8.79. The van der Waals surface area contributed by atoms with Crippen LogP contribution in [-0.2, 0) is 4.79 Å². The van der Waals surface area contributed by atoms with Crippen LogP contribution in [0.2, 0.25) is 0 Å². The number of fused-ring (bicyclic) bond motifs is 1. The fourth-order valence-electron chi connectivity index (χ4n) is 3.27. The Hall–Kier alpha value is -3.55. The van der Waals surface area contributed by atoms with E-state index in [-0.39, 0.29) is 23.1 Å². The molecule has 1 aliphatic heterocycles. The zero-order chi connectivity index (χ0) is 20.4. The molecule has 0 spiro atoms. The van der Waals surface area contributed by atoms with Gasteiger partial charge in [0.15, 0.2) is 0 Å². The van der Waals surface area contributed by atoms with E-state index in [0.717, 1.165) is 16.5 Å². The Balaban J connectivity index is 1.79. The van der Waals surface area contributed by atoms with E-state index in [9.17, 15) is 24.5 Å². The number of carbonyl (C=O) groups excluding carboxylic acids is 3. The molecule has 0 bridgehead atoms. The predicted octanol–water partition coefficient (Wildman–Crippen LogP) is 2.70. The average Bonchev–Trinajstić information content (AvgIpc) is 2.91. The molecule has 2 aromatic carbocycles. The molecule has 1 atom stereocenters. The summed E-state index contributed by atoms with van der Waals surface area (Å²) in [5, 5.41) is 14.0. The summed E-state index contributed by atoms with van der Waals surface area (Å²) in [6.45, 7) is 3.40. The topological polar surface area (TPSA) is 110 Å². The maximum absolute atomic E-state index is 12.6. The lowest BCUT2D eigenvalue weighted by Crippen LogP contribution is -2.42. The summed E-state index contributed by atoms with van der Waals surface area (Å²) >= 11 is 0. The number of rotatable bonds is 6. The van der Waals surface area contributed by atoms with Crippen molar-refractivity contribution in [2.45, 2.75) is 19.9 Å². The minimum Gasteiger partial charge on any atom is -0.347 e. The highest BCUT2D eigenvalue weighted by atomic mass is 16.6. The number of carbonyl (C=O) groups is 3. The lowest BCUT2D eigenvalue weighted by Gasteiger charge is -2.24. The first-order valence-corrected chi connectivity index (χ1v) is 8.79. The van der Waals surface area contributed by atoms with Crippen molar-refractivity contribution in [1.29, 1.82) is 0 Å². The van der Waals surface area contributed by atoms with Gasteiger partial charge in [0, 0.05) is 6.07 Å². The second-order valence-corrected chi connectivity index (χ2v) is 6.85. The molecule has 0 saturated carbocycles. The van der Waals surface area contributed by atoms with Gasteiger partial charge in [0.1, 0.15) is 12.1 Å². The number of nitro benzene ring substituents is 1. The van der Waals surface area contributed by atoms with Crippen molar-refractivity contribution in [3.63, 3.8) is 0 Å². The number of hydrogen-bond acceptors (Lipinski definition) is 5. The van der Waals surface area contributed by atoms with Crippen molar-refractivity contribution in [3.05, 3.63) is 75.3 Å². The number of imide groups is 1. The van der Waals surface area contributed by atoms with Crippen molar-refractivity contribution in [2.24, 2.45) is 5.92 Å². The standard InChI is InChI=1S/C20H19N3O5/c1-12(2)18(13-7-4-3-5-8-13)21-16(24)11-22-19(25)14-9-6-10-15(23(27)28)17(14)20(22)26/h3-10,12,18H,11H2,1-2H3,(H,21,24). The molecular weight excluding hydrogens is 362 g/mol. The Morgan fingerprint density at radius 2 is 1.75 bits per heavy atom. The molecule has 8 heteroatoms. The highest BCUT2D eigenvalue weighted by Gasteiger charge is 2.41. The highest BCUT2D eigenvalue weighted by molar-refractivity contribution is 6.24. The van der Waals surface area contributed by atoms with Crippen LogP contribution in [0.5, 0.6) is 0 Å². The second kappa shape index (κ2) is 7.59. The van der Waals surface area contributed by atoms with E-state index in [1.54, 1.807) is 0 Å². The van der Waals surface area contributed by atoms with Gasteiger partial charge in [-0.2, -0.15) is 0 Å². The molecule has 0 aromatic heterocycles. The molecular formula is C20H19N3O5. The lowest BCUT2D eigenvalue weighted by molar-refractivity contribution is -0.385. The number of nitro groups is 1. The molecule has 3 amide bonds. The molecule has 8 nitrogen and oxygen atoms in total.